The molecular weight excluding hydrogens is 331 g/mol. The monoisotopic (exact) mass is 348 g/mol. The highest BCUT2D eigenvalue weighted by Crippen LogP contribution is 2.24. The summed E-state index contributed by atoms with van der Waals surface area (Å²) in [5, 5.41) is 2.65. The lowest BCUT2D eigenvalue weighted by Crippen LogP contribution is -2.26. The first-order valence-electron chi connectivity index (χ1n) is 7.59. The van der Waals surface area contributed by atoms with Crippen molar-refractivity contribution in [2.24, 2.45) is 0 Å². The third-order valence-corrected chi connectivity index (χ3v) is 5.76. The van der Waals surface area contributed by atoms with Crippen LogP contribution in [-0.2, 0) is 16.6 Å². The molecule has 5 nitrogen and oxygen atoms in total. The first-order valence-corrected chi connectivity index (χ1v) is 9.20. The summed E-state index contributed by atoms with van der Waals surface area (Å²) in [4.78, 5) is 12.3. The molecule has 1 heterocycles. The van der Waals surface area contributed by atoms with Gasteiger partial charge in [0.15, 0.2) is 0 Å². The van der Waals surface area contributed by atoms with Crippen molar-refractivity contribution >= 4 is 21.6 Å². The summed E-state index contributed by atoms with van der Waals surface area (Å²) < 4.78 is 38.8. The number of nitrogens with zero attached hydrogens (tertiary/aromatic N) is 1. The van der Waals surface area contributed by atoms with Gasteiger partial charge in [-0.15, -0.1) is 0 Å². The zero-order valence-electron chi connectivity index (χ0n) is 12.9. The summed E-state index contributed by atoms with van der Waals surface area (Å²) in [6.07, 6.45) is 0.575. The molecule has 3 rings (SSSR count). The molecule has 0 spiro atoms. The minimum atomic E-state index is -3.29. The van der Waals surface area contributed by atoms with Gasteiger partial charge in [0.05, 0.1) is 11.4 Å². The zero-order chi connectivity index (χ0) is 17.2. The fraction of sp³-hybridized carbons (Fsp3) is 0.235. The van der Waals surface area contributed by atoms with E-state index in [4.69, 9.17) is 0 Å². The first kappa shape index (κ1) is 16.4. The van der Waals surface area contributed by atoms with E-state index in [1.165, 1.54) is 10.4 Å². The number of anilines is 1. The Hall–Kier alpha value is -2.41. The van der Waals surface area contributed by atoms with Crippen LogP contribution in [0.25, 0.3) is 0 Å². The van der Waals surface area contributed by atoms with Crippen LogP contribution < -0.4 is 9.62 Å². The molecule has 1 aliphatic heterocycles. The number of hydrogen-bond acceptors (Lipinski definition) is 3. The van der Waals surface area contributed by atoms with E-state index in [2.05, 4.69) is 5.32 Å². The average molecular weight is 348 g/mol. The maximum absolute atomic E-state index is 13.6. The molecule has 1 saturated heterocycles. The average Bonchev–Trinajstić information content (AvgIpc) is 2.93. The summed E-state index contributed by atoms with van der Waals surface area (Å²) >= 11 is 0. The summed E-state index contributed by atoms with van der Waals surface area (Å²) in [5.74, 6) is -0.636. The molecule has 1 amide bonds. The SMILES string of the molecule is O=C(NCc1ccccc1F)c1cccc(N2CCCS2(=O)=O)c1. The molecule has 7 heteroatoms. The van der Waals surface area contributed by atoms with Gasteiger partial charge in [-0.2, -0.15) is 0 Å². The summed E-state index contributed by atoms with van der Waals surface area (Å²) in [7, 11) is -3.29. The van der Waals surface area contributed by atoms with Crippen molar-refractivity contribution in [3.05, 3.63) is 65.5 Å². The second-order valence-corrected chi connectivity index (χ2v) is 7.58. The van der Waals surface area contributed by atoms with Crippen LogP contribution in [0.15, 0.2) is 48.5 Å². The Labute approximate surface area is 140 Å². The number of carbonyl (C=O) groups is 1. The van der Waals surface area contributed by atoms with Crippen LogP contribution >= 0.6 is 0 Å². The Bertz CT molecular complexity index is 868. The van der Waals surface area contributed by atoms with E-state index in [1.807, 2.05) is 0 Å². The van der Waals surface area contributed by atoms with Gasteiger partial charge in [-0.1, -0.05) is 24.3 Å². The van der Waals surface area contributed by atoms with Crippen LogP contribution in [0.5, 0.6) is 0 Å². The van der Waals surface area contributed by atoms with E-state index < -0.39 is 10.0 Å². The molecule has 0 aromatic heterocycles. The van der Waals surface area contributed by atoms with E-state index >= 15 is 0 Å². The lowest BCUT2D eigenvalue weighted by atomic mass is 10.1. The Morgan fingerprint density at radius 3 is 2.67 bits per heavy atom. The fourth-order valence-corrected chi connectivity index (χ4v) is 4.21. The molecule has 1 N–H and O–H groups in total. The fourth-order valence-electron chi connectivity index (χ4n) is 2.65. The second-order valence-electron chi connectivity index (χ2n) is 5.57. The standard InChI is InChI=1S/C17H17FN2O3S/c18-16-8-2-1-5-14(16)12-19-17(21)13-6-3-7-15(11-13)20-9-4-10-24(20,22)23/h1-3,5-8,11H,4,9-10,12H2,(H,19,21). The minimum Gasteiger partial charge on any atom is -0.348 e. The van der Waals surface area contributed by atoms with Crippen LogP contribution in [0.3, 0.4) is 0 Å². The highest BCUT2D eigenvalue weighted by molar-refractivity contribution is 7.93. The molecule has 126 valence electrons. The normalized spacial score (nSPS) is 16.1. The molecule has 0 unspecified atom stereocenters. The Kier molecular flexibility index (Phi) is 4.53. The van der Waals surface area contributed by atoms with Crippen LogP contribution in [0, 0.1) is 5.82 Å². The number of hydrogen-bond donors (Lipinski definition) is 1. The van der Waals surface area contributed by atoms with Crippen molar-refractivity contribution in [2.75, 3.05) is 16.6 Å². The van der Waals surface area contributed by atoms with E-state index in [0.717, 1.165) is 0 Å². The number of sulfonamides is 1. The molecule has 0 atom stereocenters. The third-order valence-electron chi connectivity index (χ3n) is 3.89. The topological polar surface area (TPSA) is 66.5 Å². The van der Waals surface area contributed by atoms with Gasteiger partial charge >= 0.3 is 0 Å². The lowest BCUT2D eigenvalue weighted by molar-refractivity contribution is 0.0950. The quantitative estimate of drug-likeness (QED) is 0.922. The molecule has 1 fully saturated rings. The molecule has 24 heavy (non-hydrogen) atoms. The van der Waals surface area contributed by atoms with Gasteiger partial charge in [-0.3, -0.25) is 9.10 Å². The predicted octanol–water partition coefficient (Wildman–Crippen LogP) is 2.30. The predicted molar refractivity (Wildman–Crippen MR) is 89.8 cm³/mol. The van der Waals surface area contributed by atoms with Crippen molar-refractivity contribution in [2.45, 2.75) is 13.0 Å². The third kappa shape index (κ3) is 3.41. The number of halogens is 1. The van der Waals surface area contributed by atoms with Crippen molar-refractivity contribution < 1.29 is 17.6 Å². The van der Waals surface area contributed by atoms with Crippen molar-refractivity contribution in [1.29, 1.82) is 0 Å². The van der Waals surface area contributed by atoms with Gasteiger partial charge in [0.2, 0.25) is 10.0 Å². The molecule has 0 aliphatic carbocycles. The Morgan fingerprint density at radius 2 is 1.96 bits per heavy atom. The maximum atomic E-state index is 13.6. The van der Waals surface area contributed by atoms with Crippen LogP contribution in [-0.4, -0.2) is 26.6 Å². The molecule has 0 saturated carbocycles. The Morgan fingerprint density at radius 1 is 1.17 bits per heavy atom. The van der Waals surface area contributed by atoms with E-state index in [-0.39, 0.29) is 24.0 Å². The Balaban J connectivity index is 1.74. The summed E-state index contributed by atoms with van der Waals surface area (Å²) in [6, 6.07) is 12.7. The lowest BCUT2D eigenvalue weighted by Gasteiger charge is -2.17. The molecule has 2 aromatic carbocycles. The van der Waals surface area contributed by atoms with Crippen LogP contribution in [0.1, 0.15) is 22.3 Å². The second kappa shape index (κ2) is 6.60. The van der Waals surface area contributed by atoms with E-state index in [1.54, 1.807) is 42.5 Å². The zero-order valence-corrected chi connectivity index (χ0v) is 13.7. The summed E-state index contributed by atoms with van der Waals surface area (Å²) in [5.41, 5.74) is 1.21. The molecular formula is C17H17FN2O3S. The van der Waals surface area contributed by atoms with Gasteiger partial charge in [0, 0.05) is 24.2 Å². The number of rotatable bonds is 4. The minimum absolute atomic E-state index is 0.0672. The van der Waals surface area contributed by atoms with Gasteiger partial charge < -0.3 is 5.32 Å². The smallest absolute Gasteiger partial charge is 0.251 e. The molecule has 2 aromatic rings. The number of nitrogens with one attached hydrogen (secondary N) is 1. The van der Waals surface area contributed by atoms with Crippen LogP contribution in [0.2, 0.25) is 0 Å². The molecule has 0 bridgehead atoms. The van der Waals surface area contributed by atoms with Crippen LogP contribution in [0.4, 0.5) is 10.1 Å². The van der Waals surface area contributed by atoms with Gasteiger partial charge in [0.1, 0.15) is 5.82 Å². The van der Waals surface area contributed by atoms with Gasteiger partial charge in [-0.25, -0.2) is 12.8 Å². The first-order chi connectivity index (χ1) is 11.5. The van der Waals surface area contributed by atoms with Gasteiger partial charge in [0.25, 0.3) is 5.91 Å². The van der Waals surface area contributed by atoms with Crippen molar-refractivity contribution in [1.82, 2.24) is 5.32 Å². The highest BCUT2D eigenvalue weighted by atomic mass is 32.2. The number of carbonyl (C=O) groups excluding carboxylic acids is 1. The number of amides is 1. The maximum Gasteiger partial charge on any atom is 0.251 e. The van der Waals surface area contributed by atoms with Gasteiger partial charge in [-0.05, 0) is 30.7 Å². The largest absolute Gasteiger partial charge is 0.348 e. The number of benzene rings is 2. The highest BCUT2D eigenvalue weighted by Gasteiger charge is 2.28. The van der Waals surface area contributed by atoms with Crippen molar-refractivity contribution in [3.8, 4) is 0 Å². The molecule has 1 aliphatic rings. The van der Waals surface area contributed by atoms with E-state index in [9.17, 15) is 17.6 Å². The summed E-state index contributed by atoms with van der Waals surface area (Å²) in [6.45, 7) is 0.486. The van der Waals surface area contributed by atoms with E-state index in [0.29, 0.717) is 29.8 Å². The molecule has 0 radical (unpaired) electrons. The van der Waals surface area contributed by atoms with Crippen molar-refractivity contribution in [3.63, 3.8) is 0 Å².